The predicted molar refractivity (Wildman–Crippen MR) is 145 cm³/mol. The van der Waals surface area contributed by atoms with Crippen LogP contribution in [-0.2, 0) is 17.6 Å². The normalized spacial score (nSPS) is 15.4. The van der Waals surface area contributed by atoms with E-state index < -0.39 is 0 Å². The van der Waals surface area contributed by atoms with Gasteiger partial charge in [-0.05, 0) is 67.6 Å². The number of amides is 2. The highest BCUT2D eigenvalue weighted by Crippen LogP contribution is 2.44. The highest BCUT2D eigenvalue weighted by Gasteiger charge is 2.44. The van der Waals surface area contributed by atoms with E-state index in [9.17, 15) is 14.0 Å². The molecule has 1 saturated carbocycles. The first kappa shape index (κ1) is 23.9. The van der Waals surface area contributed by atoms with Crippen LogP contribution in [-0.4, -0.2) is 27.3 Å². The summed E-state index contributed by atoms with van der Waals surface area (Å²) >= 11 is 0. The summed E-state index contributed by atoms with van der Waals surface area (Å²) in [4.78, 5) is 33.9. The average Bonchev–Trinajstić information content (AvgIpc) is 3.24. The topological polar surface area (TPSA) is 98.9 Å². The lowest BCUT2D eigenvalue weighted by atomic mass is 9.71. The van der Waals surface area contributed by atoms with E-state index >= 15 is 0 Å². The molecular formula is C30H28FN5O2. The summed E-state index contributed by atoms with van der Waals surface area (Å²) in [6.45, 7) is 2.02. The second-order valence-electron chi connectivity index (χ2n) is 10.2. The Hall–Kier alpha value is -4.46. The minimum absolute atomic E-state index is 0.0774. The van der Waals surface area contributed by atoms with E-state index in [4.69, 9.17) is 0 Å². The molecule has 0 atom stereocenters. The Balaban J connectivity index is 1.34. The van der Waals surface area contributed by atoms with E-state index in [1.165, 1.54) is 12.1 Å². The van der Waals surface area contributed by atoms with Gasteiger partial charge < -0.3 is 20.9 Å². The van der Waals surface area contributed by atoms with E-state index in [0.717, 1.165) is 53.9 Å². The van der Waals surface area contributed by atoms with E-state index in [1.54, 1.807) is 24.4 Å². The molecule has 1 spiro atoms. The number of nitrogens with one attached hydrogen (secondary N) is 4. The van der Waals surface area contributed by atoms with E-state index in [0.29, 0.717) is 22.6 Å². The van der Waals surface area contributed by atoms with Crippen LogP contribution in [0.25, 0.3) is 11.3 Å². The molecule has 4 N–H and O–H groups in total. The van der Waals surface area contributed by atoms with Gasteiger partial charge in [-0.15, -0.1) is 0 Å². The number of anilines is 3. The Morgan fingerprint density at radius 1 is 1.11 bits per heavy atom. The van der Waals surface area contributed by atoms with Gasteiger partial charge in [-0.2, -0.15) is 0 Å². The molecule has 38 heavy (non-hydrogen) atoms. The van der Waals surface area contributed by atoms with Gasteiger partial charge in [0.25, 0.3) is 5.91 Å². The Bertz CT molecular complexity index is 1540. The third-order valence-corrected chi connectivity index (χ3v) is 7.51. The summed E-state index contributed by atoms with van der Waals surface area (Å²) in [6.07, 6.45) is 5.56. The van der Waals surface area contributed by atoms with Crippen molar-refractivity contribution in [2.45, 2.75) is 44.6 Å². The van der Waals surface area contributed by atoms with Crippen LogP contribution in [0.5, 0.6) is 0 Å². The number of pyridine rings is 1. The van der Waals surface area contributed by atoms with Crippen LogP contribution in [0, 0.1) is 12.7 Å². The molecule has 4 aromatic rings. The van der Waals surface area contributed by atoms with E-state index in [1.807, 2.05) is 37.3 Å². The molecular weight excluding hydrogens is 481 g/mol. The number of rotatable bonds is 6. The minimum Gasteiger partial charge on any atom is -0.356 e. The number of carbonyl (C=O) groups is 2. The molecule has 8 heteroatoms. The number of fused-ring (bicyclic) bond motifs is 1. The van der Waals surface area contributed by atoms with Crippen molar-refractivity contribution >= 4 is 29.0 Å². The van der Waals surface area contributed by atoms with Gasteiger partial charge in [0.2, 0.25) is 5.91 Å². The van der Waals surface area contributed by atoms with Gasteiger partial charge >= 0.3 is 0 Å². The molecule has 2 aromatic carbocycles. The Morgan fingerprint density at radius 2 is 1.89 bits per heavy atom. The maximum absolute atomic E-state index is 13.4. The highest BCUT2D eigenvalue weighted by molar-refractivity contribution is 6.07. The third-order valence-electron chi connectivity index (χ3n) is 7.51. The molecule has 1 aliphatic heterocycles. The molecule has 2 amide bonds. The number of halogens is 1. The van der Waals surface area contributed by atoms with E-state index in [2.05, 4.69) is 25.9 Å². The fourth-order valence-corrected chi connectivity index (χ4v) is 5.34. The second kappa shape index (κ2) is 9.45. The lowest BCUT2D eigenvalue weighted by Crippen LogP contribution is -2.57. The van der Waals surface area contributed by atoms with E-state index in [-0.39, 0.29) is 29.6 Å². The van der Waals surface area contributed by atoms with Gasteiger partial charge in [0.1, 0.15) is 11.6 Å². The van der Waals surface area contributed by atoms with Crippen molar-refractivity contribution in [2.75, 3.05) is 10.6 Å². The van der Waals surface area contributed by atoms with Crippen LogP contribution in [0.15, 0.2) is 66.9 Å². The lowest BCUT2D eigenvalue weighted by molar-refractivity contribution is -0.115. The predicted octanol–water partition coefficient (Wildman–Crippen LogP) is 5.66. The van der Waals surface area contributed by atoms with Crippen LogP contribution in [0.3, 0.4) is 0 Å². The largest absolute Gasteiger partial charge is 0.356 e. The number of hydrogen-bond donors (Lipinski definition) is 4. The molecule has 0 unspecified atom stereocenters. The Kier molecular flexibility index (Phi) is 5.94. The van der Waals surface area contributed by atoms with Crippen LogP contribution < -0.4 is 16.0 Å². The summed E-state index contributed by atoms with van der Waals surface area (Å²) < 4.78 is 13.2. The lowest BCUT2D eigenvalue weighted by Gasteiger charge is -2.45. The zero-order chi connectivity index (χ0) is 26.3. The molecule has 1 aliphatic carbocycles. The van der Waals surface area contributed by atoms with Crippen molar-refractivity contribution in [1.29, 1.82) is 0 Å². The number of carbonyl (C=O) groups excluding carboxylic acids is 2. The quantitative estimate of drug-likeness (QED) is 0.270. The van der Waals surface area contributed by atoms with Crippen molar-refractivity contribution in [3.05, 3.63) is 95.1 Å². The fraction of sp³-hybridized carbons (Fsp3) is 0.233. The SMILES string of the molecule is Cc1ccccc1Nc1c(-c2ccnc(NC(=O)Cc3ccc(F)cc3)c2)[nH]c2c1C(=O)NC1(CCC1)C2. The van der Waals surface area contributed by atoms with Gasteiger partial charge in [-0.25, -0.2) is 9.37 Å². The monoisotopic (exact) mass is 509 g/mol. The van der Waals surface area contributed by atoms with Crippen molar-refractivity contribution in [3.63, 3.8) is 0 Å². The van der Waals surface area contributed by atoms with Crippen molar-refractivity contribution in [3.8, 4) is 11.3 Å². The Labute approximate surface area is 219 Å². The second-order valence-corrected chi connectivity index (χ2v) is 10.2. The molecule has 2 aromatic heterocycles. The third kappa shape index (κ3) is 4.53. The van der Waals surface area contributed by atoms with Gasteiger partial charge in [-0.3, -0.25) is 9.59 Å². The summed E-state index contributed by atoms with van der Waals surface area (Å²) in [7, 11) is 0. The van der Waals surface area contributed by atoms with Gasteiger partial charge in [0.15, 0.2) is 0 Å². The number of nitrogens with zero attached hydrogens (tertiary/aromatic N) is 1. The average molecular weight is 510 g/mol. The standard InChI is InChI=1S/C30H28FN5O2/c1-18-5-2-3-6-22(18)33-28-26-23(17-30(12-4-13-30)36-29(26)38)34-27(28)20-11-14-32-24(16-20)35-25(37)15-19-7-9-21(31)10-8-19/h2-3,5-11,14,16,33-34H,4,12-13,15,17H2,1H3,(H,36,38)(H,32,35,37). The number of aryl methyl sites for hydroxylation is 1. The highest BCUT2D eigenvalue weighted by atomic mass is 19.1. The zero-order valence-electron chi connectivity index (χ0n) is 21.0. The van der Waals surface area contributed by atoms with Crippen molar-refractivity contribution < 1.29 is 14.0 Å². The first-order valence-electron chi connectivity index (χ1n) is 12.8. The smallest absolute Gasteiger partial charge is 0.255 e. The number of H-pyrrole nitrogens is 1. The number of hydrogen-bond acceptors (Lipinski definition) is 4. The molecule has 1 fully saturated rings. The summed E-state index contributed by atoms with van der Waals surface area (Å²) in [6, 6.07) is 17.4. The van der Waals surface area contributed by atoms with Crippen LogP contribution in [0.2, 0.25) is 0 Å². The van der Waals surface area contributed by atoms with Crippen molar-refractivity contribution in [2.24, 2.45) is 0 Å². The summed E-state index contributed by atoms with van der Waals surface area (Å²) in [5.74, 6) is -0.281. The van der Waals surface area contributed by atoms with Crippen LogP contribution in [0.1, 0.15) is 46.4 Å². The number of para-hydroxylation sites is 1. The first-order valence-corrected chi connectivity index (χ1v) is 12.8. The van der Waals surface area contributed by atoms with Crippen LogP contribution >= 0.6 is 0 Å². The van der Waals surface area contributed by atoms with Gasteiger partial charge in [0, 0.05) is 35.1 Å². The zero-order valence-corrected chi connectivity index (χ0v) is 21.0. The number of benzene rings is 2. The van der Waals surface area contributed by atoms with Gasteiger partial charge in [0.05, 0.1) is 23.4 Å². The summed E-state index contributed by atoms with van der Waals surface area (Å²) in [5, 5.41) is 9.61. The molecule has 192 valence electrons. The Morgan fingerprint density at radius 3 is 2.63 bits per heavy atom. The molecule has 3 heterocycles. The van der Waals surface area contributed by atoms with Gasteiger partial charge in [-0.1, -0.05) is 30.3 Å². The van der Waals surface area contributed by atoms with Crippen LogP contribution in [0.4, 0.5) is 21.6 Å². The molecule has 7 nitrogen and oxygen atoms in total. The maximum Gasteiger partial charge on any atom is 0.255 e. The number of aromatic amines is 1. The molecule has 6 rings (SSSR count). The molecule has 0 bridgehead atoms. The molecule has 0 saturated heterocycles. The minimum atomic E-state index is -0.343. The fourth-order valence-electron chi connectivity index (χ4n) is 5.34. The molecule has 0 radical (unpaired) electrons. The molecule has 2 aliphatic rings. The van der Waals surface area contributed by atoms with Crippen molar-refractivity contribution in [1.82, 2.24) is 15.3 Å². The number of aromatic nitrogens is 2. The first-order chi connectivity index (χ1) is 18.4. The maximum atomic E-state index is 13.4. The summed E-state index contributed by atoms with van der Waals surface area (Å²) in [5.41, 5.74) is 6.31.